The predicted molar refractivity (Wildman–Crippen MR) is 45.5 cm³/mol. The highest BCUT2D eigenvalue weighted by Gasteiger charge is 2.00. The summed E-state index contributed by atoms with van der Waals surface area (Å²) in [4.78, 5) is 14.9. The number of alkyl halides is 1. The third-order valence-electron chi connectivity index (χ3n) is 1.17. The molecule has 11 heavy (non-hydrogen) atoms. The van der Waals surface area contributed by atoms with Crippen molar-refractivity contribution in [1.82, 2.24) is 10.3 Å². The minimum Gasteiger partial charge on any atom is -0.342 e. The fourth-order valence-corrected chi connectivity index (χ4v) is 0.921. The molecule has 0 fully saturated rings. The van der Waals surface area contributed by atoms with Gasteiger partial charge in [-0.2, -0.15) is 0 Å². The van der Waals surface area contributed by atoms with Crippen LogP contribution in [0.2, 0.25) is 0 Å². The molecule has 0 aliphatic carbocycles. The summed E-state index contributed by atoms with van der Waals surface area (Å²) in [6.45, 7) is 0. The Bertz CT molecular complexity index is 237. The minimum absolute atomic E-state index is 0.0933. The number of nitrogens with one attached hydrogen (secondary N) is 1. The fourth-order valence-electron chi connectivity index (χ4n) is 0.666. The molecule has 0 saturated carbocycles. The zero-order valence-corrected chi connectivity index (χ0v) is 7.34. The number of pyridine rings is 1. The molecule has 4 heteroatoms. The molecule has 0 bridgehead atoms. The molecule has 1 heterocycles. The average Bonchev–Trinajstić information content (AvgIpc) is 2.07. The summed E-state index contributed by atoms with van der Waals surface area (Å²) in [7, 11) is 0. The predicted octanol–water partition coefficient (Wildman–Crippen LogP) is 1.16. The van der Waals surface area contributed by atoms with Crippen LogP contribution in [0.15, 0.2) is 24.5 Å². The summed E-state index contributed by atoms with van der Waals surface area (Å²) in [5.74, 6) is -0.0933. The Kier molecular flexibility index (Phi) is 3.04. The van der Waals surface area contributed by atoms with Gasteiger partial charge in [-0.15, -0.1) is 0 Å². The van der Waals surface area contributed by atoms with Gasteiger partial charge < -0.3 is 5.32 Å². The van der Waals surface area contributed by atoms with Crippen molar-refractivity contribution in [2.75, 3.05) is 5.45 Å². The standard InChI is InChI=1S/C7H7BrN2O/c8-5-10-7(11)6-1-3-9-4-2-6/h1-4H,5H2,(H,10,11). The zero-order valence-electron chi connectivity index (χ0n) is 5.75. The molecule has 0 aromatic carbocycles. The Hall–Kier alpha value is -0.900. The van der Waals surface area contributed by atoms with Crippen LogP contribution in [0.3, 0.4) is 0 Å². The second-order valence-corrected chi connectivity index (χ2v) is 2.44. The third-order valence-corrected chi connectivity index (χ3v) is 1.45. The van der Waals surface area contributed by atoms with Crippen LogP contribution in [-0.2, 0) is 0 Å². The summed E-state index contributed by atoms with van der Waals surface area (Å²) >= 11 is 3.10. The van der Waals surface area contributed by atoms with Gasteiger partial charge >= 0.3 is 0 Å². The Morgan fingerprint density at radius 2 is 2.18 bits per heavy atom. The van der Waals surface area contributed by atoms with Gasteiger partial charge in [0.2, 0.25) is 0 Å². The summed E-state index contributed by atoms with van der Waals surface area (Å²) < 4.78 is 0. The van der Waals surface area contributed by atoms with E-state index in [-0.39, 0.29) is 5.91 Å². The van der Waals surface area contributed by atoms with Crippen LogP contribution in [-0.4, -0.2) is 16.3 Å². The molecule has 3 nitrogen and oxygen atoms in total. The molecule has 1 amide bonds. The van der Waals surface area contributed by atoms with Crippen LogP contribution in [0.1, 0.15) is 10.4 Å². The van der Waals surface area contributed by atoms with E-state index < -0.39 is 0 Å². The van der Waals surface area contributed by atoms with Crippen LogP contribution >= 0.6 is 15.9 Å². The van der Waals surface area contributed by atoms with Crippen molar-refractivity contribution in [1.29, 1.82) is 0 Å². The lowest BCUT2D eigenvalue weighted by molar-refractivity contribution is 0.0961. The monoisotopic (exact) mass is 214 g/mol. The largest absolute Gasteiger partial charge is 0.342 e. The van der Waals surface area contributed by atoms with Crippen LogP contribution in [0.5, 0.6) is 0 Å². The van der Waals surface area contributed by atoms with E-state index in [9.17, 15) is 4.79 Å². The Morgan fingerprint density at radius 3 is 2.73 bits per heavy atom. The van der Waals surface area contributed by atoms with Crippen molar-refractivity contribution in [2.45, 2.75) is 0 Å². The van der Waals surface area contributed by atoms with Gasteiger partial charge in [0.25, 0.3) is 5.91 Å². The number of halogens is 1. The van der Waals surface area contributed by atoms with Gasteiger partial charge in [0.05, 0.1) is 5.45 Å². The van der Waals surface area contributed by atoms with E-state index in [0.717, 1.165) is 0 Å². The van der Waals surface area contributed by atoms with E-state index in [1.54, 1.807) is 24.5 Å². The molecule has 58 valence electrons. The highest BCUT2D eigenvalue weighted by Crippen LogP contribution is 1.95. The van der Waals surface area contributed by atoms with Crippen molar-refractivity contribution in [3.05, 3.63) is 30.1 Å². The van der Waals surface area contributed by atoms with Crippen molar-refractivity contribution in [2.24, 2.45) is 0 Å². The number of rotatable bonds is 2. The highest BCUT2D eigenvalue weighted by atomic mass is 79.9. The molecule has 1 aromatic heterocycles. The molecule has 1 rings (SSSR count). The quantitative estimate of drug-likeness (QED) is 0.594. The lowest BCUT2D eigenvalue weighted by Gasteiger charge is -1.98. The maximum Gasteiger partial charge on any atom is 0.252 e. The Morgan fingerprint density at radius 1 is 1.55 bits per heavy atom. The van der Waals surface area contributed by atoms with E-state index in [1.165, 1.54) is 0 Å². The molecule has 0 atom stereocenters. The molecule has 1 aromatic rings. The van der Waals surface area contributed by atoms with Crippen LogP contribution in [0, 0.1) is 0 Å². The van der Waals surface area contributed by atoms with Crippen molar-refractivity contribution in [3.8, 4) is 0 Å². The molecule has 0 aliphatic heterocycles. The average molecular weight is 215 g/mol. The number of amides is 1. The van der Waals surface area contributed by atoms with Crippen molar-refractivity contribution >= 4 is 21.8 Å². The van der Waals surface area contributed by atoms with E-state index in [0.29, 0.717) is 11.0 Å². The highest BCUT2D eigenvalue weighted by molar-refractivity contribution is 9.09. The first kappa shape index (κ1) is 8.20. The van der Waals surface area contributed by atoms with E-state index in [4.69, 9.17) is 0 Å². The fraction of sp³-hybridized carbons (Fsp3) is 0.143. The van der Waals surface area contributed by atoms with Gasteiger partial charge in [0.15, 0.2) is 0 Å². The molecule has 0 aliphatic rings. The number of hydrogen-bond donors (Lipinski definition) is 1. The second-order valence-electron chi connectivity index (χ2n) is 1.88. The molecule has 0 radical (unpaired) electrons. The normalized spacial score (nSPS) is 9.18. The summed E-state index contributed by atoms with van der Waals surface area (Å²) in [6.07, 6.45) is 3.17. The minimum atomic E-state index is -0.0933. The van der Waals surface area contributed by atoms with Gasteiger partial charge in [0.1, 0.15) is 0 Å². The van der Waals surface area contributed by atoms with Crippen LogP contribution in [0.25, 0.3) is 0 Å². The molecular formula is C7H7BrN2O. The van der Waals surface area contributed by atoms with Gasteiger partial charge in [-0.05, 0) is 12.1 Å². The molecule has 1 N–H and O–H groups in total. The van der Waals surface area contributed by atoms with Crippen molar-refractivity contribution in [3.63, 3.8) is 0 Å². The number of nitrogens with zero attached hydrogens (tertiary/aromatic N) is 1. The van der Waals surface area contributed by atoms with Gasteiger partial charge in [-0.3, -0.25) is 9.78 Å². The van der Waals surface area contributed by atoms with E-state index >= 15 is 0 Å². The van der Waals surface area contributed by atoms with Gasteiger partial charge in [-0.25, -0.2) is 0 Å². The second kappa shape index (κ2) is 4.08. The van der Waals surface area contributed by atoms with Gasteiger partial charge in [0, 0.05) is 18.0 Å². The first-order valence-corrected chi connectivity index (χ1v) is 4.21. The van der Waals surface area contributed by atoms with Gasteiger partial charge in [-0.1, -0.05) is 15.9 Å². The first-order valence-electron chi connectivity index (χ1n) is 3.09. The number of aromatic nitrogens is 1. The number of carbonyl (C=O) groups is 1. The smallest absolute Gasteiger partial charge is 0.252 e. The van der Waals surface area contributed by atoms with Crippen LogP contribution in [0.4, 0.5) is 0 Å². The Labute approximate surface area is 73.0 Å². The molecule has 0 spiro atoms. The van der Waals surface area contributed by atoms with E-state index in [1.807, 2.05) is 0 Å². The Balaban J connectivity index is 2.69. The maximum atomic E-state index is 11.1. The SMILES string of the molecule is O=C(NCBr)c1ccncc1. The zero-order chi connectivity index (χ0) is 8.10. The first-order chi connectivity index (χ1) is 5.34. The lowest BCUT2D eigenvalue weighted by atomic mass is 10.2. The number of carbonyl (C=O) groups excluding carboxylic acids is 1. The van der Waals surface area contributed by atoms with Crippen LogP contribution < -0.4 is 5.32 Å². The lowest BCUT2D eigenvalue weighted by Crippen LogP contribution is -2.21. The molecule has 0 unspecified atom stereocenters. The number of hydrogen-bond acceptors (Lipinski definition) is 2. The third kappa shape index (κ3) is 2.31. The summed E-state index contributed by atoms with van der Waals surface area (Å²) in [5.41, 5.74) is 1.09. The topological polar surface area (TPSA) is 42.0 Å². The molecule has 0 saturated heterocycles. The van der Waals surface area contributed by atoms with E-state index in [2.05, 4.69) is 26.2 Å². The molecular weight excluding hydrogens is 208 g/mol. The summed E-state index contributed by atoms with van der Waals surface area (Å²) in [5, 5.41) is 2.61. The summed E-state index contributed by atoms with van der Waals surface area (Å²) in [6, 6.07) is 3.33. The van der Waals surface area contributed by atoms with Crippen molar-refractivity contribution < 1.29 is 4.79 Å². The maximum absolute atomic E-state index is 11.1.